The van der Waals surface area contributed by atoms with E-state index in [2.05, 4.69) is 4.90 Å². The van der Waals surface area contributed by atoms with Crippen LogP contribution in [0, 0.1) is 0 Å². The monoisotopic (exact) mass is 211 g/mol. The van der Waals surface area contributed by atoms with E-state index in [1.54, 1.807) is 0 Å². The third-order valence-corrected chi connectivity index (χ3v) is 4.07. The Morgan fingerprint density at radius 2 is 2.20 bits per heavy atom. The lowest BCUT2D eigenvalue weighted by Gasteiger charge is -2.42. The van der Waals surface area contributed by atoms with E-state index in [-0.39, 0.29) is 11.4 Å². The van der Waals surface area contributed by atoms with Gasteiger partial charge in [-0.25, -0.2) is 0 Å². The molecule has 0 spiro atoms. The highest BCUT2D eigenvalue weighted by atomic mass is 16.1. The number of primary amides is 1. The summed E-state index contributed by atoms with van der Waals surface area (Å²) >= 11 is 0. The van der Waals surface area contributed by atoms with Crippen LogP contribution in [0.15, 0.2) is 0 Å². The predicted octanol–water partition coefficient (Wildman–Crippen LogP) is 0.208. The lowest BCUT2D eigenvalue weighted by Crippen LogP contribution is -2.58. The fourth-order valence-corrected chi connectivity index (χ4v) is 3.30. The molecule has 2 heterocycles. The Labute approximate surface area is 91.0 Å². The Morgan fingerprint density at radius 3 is 2.87 bits per heavy atom. The highest BCUT2D eigenvalue weighted by Crippen LogP contribution is 2.43. The maximum absolute atomic E-state index is 11.7. The molecule has 4 heteroatoms. The Bertz CT molecular complexity index is 252. The summed E-state index contributed by atoms with van der Waals surface area (Å²) in [7, 11) is 0. The number of rotatable bonds is 4. The molecule has 4 N–H and O–H groups in total. The summed E-state index contributed by atoms with van der Waals surface area (Å²) in [6.07, 6.45) is 6.37. The molecule has 0 radical (unpaired) electrons. The van der Waals surface area contributed by atoms with Crippen molar-refractivity contribution in [1.82, 2.24) is 4.90 Å². The van der Waals surface area contributed by atoms with E-state index in [4.69, 9.17) is 11.5 Å². The third kappa shape index (κ3) is 1.66. The van der Waals surface area contributed by atoms with Crippen LogP contribution in [0.4, 0.5) is 0 Å². The van der Waals surface area contributed by atoms with Crippen LogP contribution >= 0.6 is 0 Å². The van der Waals surface area contributed by atoms with E-state index in [0.29, 0.717) is 12.6 Å². The van der Waals surface area contributed by atoms with Gasteiger partial charge in [0.1, 0.15) is 5.54 Å². The first-order valence-corrected chi connectivity index (χ1v) is 5.97. The van der Waals surface area contributed by atoms with Crippen LogP contribution in [-0.2, 0) is 4.79 Å². The first kappa shape index (κ1) is 10.9. The highest BCUT2D eigenvalue weighted by Gasteiger charge is 2.51. The number of piperidine rings is 1. The molecule has 2 saturated heterocycles. The lowest BCUT2D eigenvalue weighted by molar-refractivity contribution is -0.131. The van der Waals surface area contributed by atoms with Crippen LogP contribution in [0.25, 0.3) is 0 Å². The second kappa shape index (κ2) is 4.10. The number of nitrogens with zero attached hydrogens (tertiary/aromatic N) is 1. The van der Waals surface area contributed by atoms with E-state index in [1.165, 1.54) is 6.42 Å². The van der Waals surface area contributed by atoms with Gasteiger partial charge in [-0.3, -0.25) is 9.69 Å². The van der Waals surface area contributed by atoms with Gasteiger partial charge < -0.3 is 11.5 Å². The van der Waals surface area contributed by atoms with Crippen LogP contribution in [0.3, 0.4) is 0 Å². The first-order valence-electron chi connectivity index (χ1n) is 5.97. The summed E-state index contributed by atoms with van der Waals surface area (Å²) < 4.78 is 0. The van der Waals surface area contributed by atoms with Crippen molar-refractivity contribution >= 4 is 5.91 Å². The average molecular weight is 211 g/mol. The fourth-order valence-electron chi connectivity index (χ4n) is 3.30. The SMILES string of the molecule is NCCCN1[C@@H]2CCC[C@@]1(C(N)=O)CC2. The van der Waals surface area contributed by atoms with E-state index >= 15 is 0 Å². The highest BCUT2D eigenvalue weighted by molar-refractivity contribution is 5.85. The van der Waals surface area contributed by atoms with Gasteiger partial charge in [0, 0.05) is 12.6 Å². The molecule has 0 aromatic rings. The van der Waals surface area contributed by atoms with Gasteiger partial charge >= 0.3 is 0 Å². The van der Waals surface area contributed by atoms with Crippen LogP contribution < -0.4 is 11.5 Å². The van der Waals surface area contributed by atoms with Crippen LogP contribution in [0.5, 0.6) is 0 Å². The molecule has 2 bridgehead atoms. The molecule has 0 aromatic carbocycles. The fraction of sp³-hybridized carbons (Fsp3) is 0.909. The summed E-state index contributed by atoms with van der Waals surface area (Å²) in [5.74, 6) is -0.123. The molecule has 2 atom stereocenters. The Balaban J connectivity index is 2.14. The number of amides is 1. The Morgan fingerprint density at radius 1 is 1.40 bits per heavy atom. The van der Waals surface area contributed by atoms with Crippen molar-refractivity contribution in [3.05, 3.63) is 0 Å². The van der Waals surface area contributed by atoms with Gasteiger partial charge in [-0.1, -0.05) is 0 Å². The van der Waals surface area contributed by atoms with E-state index in [0.717, 1.165) is 38.6 Å². The molecule has 2 aliphatic rings. The summed E-state index contributed by atoms with van der Waals surface area (Å²) in [6.45, 7) is 1.63. The van der Waals surface area contributed by atoms with E-state index in [1.807, 2.05) is 0 Å². The molecule has 1 amide bonds. The smallest absolute Gasteiger partial charge is 0.237 e. The number of nitrogens with two attached hydrogens (primary N) is 2. The molecule has 0 saturated carbocycles. The number of fused-ring (bicyclic) bond motifs is 2. The maximum Gasteiger partial charge on any atom is 0.237 e. The van der Waals surface area contributed by atoms with E-state index in [9.17, 15) is 4.79 Å². The van der Waals surface area contributed by atoms with Crippen molar-refractivity contribution in [2.45, 2.75) is 50.1 Å². The van der Waals surface area contributed by atoms with Gasteiger partial charge in [0.25, 0.3) is 0 Å². The second-order valence-electron chi connectivity index (χ2n) is 4.82. The number of hydrogen-bond donors (Lipinski definition) is 2. The Hall–Kier alpha value is -0.610. The second-order valence-corrected chi connectivity index (χ2v) is 4.82. The zero-order chi connectivity index (χ0) is 10.9. The summed E-state index contributed by atoms with van der Waals surface area (Å²) in [5, 5.41) is 0. The van der Waals surface area contributed by atoms with Gasteiger partial charge in [-0.2, -0.15) is 0 Å². The summed E-state index contributed by atoms with van der Waals surface area (Å²) in [4.78, 5) is 14.0. The largest absolute Gasteiger partial charge is 0.368 e. The van der Waals surface area contributed by atoms with Crippen molar-refractivity contribution in [1.29, 1.82) is 0 Å². The number of hydrogen-bond acceptors (Lipinski definition) is 3. The average Bonchev–Trinajstić information content (AvgIpc) is 2.45. The molecule has 4 nitrogen and oxygen atoms in total. The van der Waals surface area contributed by atoms with Crippen LogP contribution in [-0.4, -0.2) is 35.5 Å². The number of carbonyl (C=O) groups excluding carboxylic acids is 1. The van der Waals surface area contributed by atoms with Crippen molar-refractivity contribution in [3.63, 3.8) is 0 Å². The molecule has 86 valence electrons. The minimum absolute atomic E-state index is 0.123. The quantitative estimate of drug-likeness (QED) is 0.698. The minimum atomic E-state index is -0.321. The van der Waals surface area contributed by atoms with Gasteiger partial charge in [0.2, 0.25) is 5.91 Å². The summed E-state index contributed by atoms with van der Waals surface area (Å²) in [5.41, 5.74) is 10.8. The van der Waals surface area contributed by atoms with Gasteiger partial charge in [0.15, 0.2) is 0 Å². The molecular weight excluding hydrogens is 190 g/mol. The van der Waals surface area contributed by atoms with Gasteiger partial charge in [-0.15, -0.1) is 0 Å². The topological polar surface area (TPSA) is 72.3 Å². The first-order chi connectivity index (χ1) is 7.20. The molecule has 2 rings (SSSR count). The molecular formula is C11H21N3O. The molecule has 2 fully saturated rings. The van der Waals surface area contributed by atoms with Crippen molar-refractivity contribution < 1.29 is 4.79 Å². The molecule has 0 aromatic heterocycles. The molecule has 2 aliphatic heterocycles. The van der Waals surface area contributed by atoms with Crippen LogP contribution in [0.1, 0.15) is 38.5 Å². The van der Waals surface area contributed by atoms with Crippen molar-refractivity contribution in [2.75, 3.05) is 13.1 Å². The zero-order valence-electron chi connectivity index (χ0n) is 9.24. The maximum atomic E-state index is 11.7. The standard InChI is InChI=1S/C11H21N3O/c12-7-2-8-14-9-3-1-5-11(14,6-4-9)10(13)15/h9H,1-8,12H2,(H2,13,15)/t9-,11+/m1/s1. The third-order valence-electron chi connectivity index (χ3n) is 4.07. The van der Waals surface area contributed by atoms with Gasteiger partial charge in [-0.05, 0) is 45.1 Å². The minimum Gasteiger partial charge on any atom is -0.368 e. The van der Waals surface area contributed by atoms with Crippen molar-refractivity contribution in [2.24, 2.45) is 11.5 Å². The van der Waals surface area contributed by atoms with Crippen LogP contribution in [0.2, 0.25) is 0 Å². The zero-order valence-corrected chi connectivity index (χ0v) is 9.24. The Kier molecular flexibility index (Phi) is 2.98. The predicted molar refractivity (Wildman–Crippen MR) is 59.2 cm³/mol. The molecule has 15 heavy (non-hydrogen) atoms. The number of carbonyl (C=O) groups is 1. The lowest BCUT2D eigenvalue weighted by atomic mass is 9.87. The van der Waals surface area contributed by atoms with E-state index < -0.39 is 0 Å². The summed E-state index contributed by atoms with van der Waals surface area (Å²) in [6, 6.07) is 0.581. The molecule has 0 aliphatic carbocycles. The van der Waals surface area contributed by atoms with Gasteiger partial charge in [0.05, 0.1) is 0 Å². The normalized spacial score (nSPS) is 35.7. The molecule has 0 unspecified atom stereocenters. The van der Waals surface area contributed by atoms with Crippen molar-refractivity contribution in [3.8, 4) is 0 Å².